The highest BCUT2D eigenvalue weighted by Crippen LogP contribution is 2.54. The number of benzene rings is 6. The Hall–Kier alpha value is -4.12. The molecular weight excluding hydrogens is 685 g/mol. The molecule has 296 valence electrons. The van der Waals surface area contributed by atoms with E-state index in [0.29, 0.717) is 0 Å². The van der Waals surface area contributed by atoms with Gasteiger partial charge in [0, 0.05) is 47.7 Å². The number of fused-ring (bicyclic) bond motifs is 4. The summed E-state index contributed by atoms with van der Waals surface area (Å²) in [4.78, 5) is 5.22. The van der Waals surface area contributed by atoms with Crippen molar-refractivity contribution in [2.45, 2.75) is 129 Å². The first-order valence-electron chi connectivity index (χ1n) is 22.2. The van der Waals surface area contributed by atoms with E-state index in [1.165, 1.54) is 84.3 Å². The van der Waals surface area contributed by atoms with Crippen LogP contribution in [0.15, 0.2) is 97.1 Å². The predicted molar refractivity (Wildman–Crippen MR) is 238 cm³/mol. The van der Waals surface area contributed by atoms with Crippen LogP contribution >= 0.6 is 0 Å². The van der Waals surface area contributed by atoms with Crippen LogP contribution in [0.4, 0.5) is 11.4 Å². The van der Waals surface area contributed by atoms with Crippen LogP contribution in [-0.2, 0) is 0 Å². The molecule has 0 radical (unpaired) electrons. The van der Waals surface area contributed by atoms with E-state index in [1.807, 2.05) is 0 Å². The molecule has 0 N–H and O–H groups in total. The minimum atomic E-state index is -1.05. The van der Waals surface area contributed by atoms with Gasteiger partial charge >= 0.3 is 0 Å². The third-order valence-electron chi connectivity index (χ3n) is 12.7. The molecule has 0 unspecified atom stereocenters. The summed E-state index contributed by atoms with van der Waals surface area (Å²) in [5.41, 5.74) is 4.45. The summed E-state index contributed by atoms with van der Waals surface area (Å²) in [6.45, 7) is 13.1. The highest BCUT2D eigenvalue weighted by molar-refractivity contribution is 6.16. The van der Waals surface area contributed by atoms with E-state index in [0.717, 1.165) is 84.5 Å². The van der Waals surface area contributed by atoms with Crippen molar-refractivity contribution >= 4 is 54.5 Å². The first kappa shape index (κ1) is 40.1. The molecule has 0 bridgehead atoms. The molecule has 0 aliphatic heterocycles. The monoisotopic (exact) mass is 748 g/mol. The normalized spacial score (nSPS) is 18.2. The lowest BCUT2D eigenvalue weighted by atomic mass is 9.60. The Morgan fingerprint density at radius 2 is 0.589 bits per heavy atom. The summed E-state index contributed by atoms with van der Waals surface area (Å²) < 4.78 is 0. The molecule has 0 amide bonds. The lowest BCUT2D eigenvalue weighted by Crippen LogP contribution is -2.63. The molecule has 1 aliphatic carbocycles. The molecule has 7 rings (SSSR count). The van der Waals surface area contributed by atoms with E-state index in [4.69, 9.17) is 0 Å². The fourth-order valence-electron chi connectivity index (χ4n) is 9.89. The molecule has 0 spiro atoms. The fourth-order valence-corrected chi connectivity index (χ4v) is 9.89. The topological polar surface area (TPSA) is 52.6 Å². The lowest BCUT2D eigenvalue weighted by Gasteiger charge is -2.62. The molecule has 4 heteroatoms. The average Bonchev–Trinajstić information content (AvgIpc) is 3.23. The second-order valence-electron chi connectivity index (χ2n) is 16.5. The van der Waals surface area contributed by atoms with E-state index in [2.05, 4.69) is 135 Å². The third kappa shape index (κ3) is 7.77. The minimum Gasteiger partial charge on any atom is -0.851 e. The number of hydrogen-bond donors (Lipinski definition) is 0. The number of rotatable bonds is 20. The zero-order valence-corrected chi connectivity index (χ0v) is 34.6. The number of anilines is 2. The van der Waals surface area contributed by atoms with Gasteiger partial charge in [-0.15, -0.1) is 12.2 Å². The zero-order chi connectivity index (χ0) is 39.0. The standard InChI is InChI=1S/C52H64N2O2/c1-5-9-21-33-53(34-22-10-6-2)49-41-29-17-13-25-37(41)45(38-26-14-18-30-42(38)49)47-51(55)48(52(47)56)46-39-27-15-19-31-43(39)50(44-32-20-16-28-40(44)46)54(35-23-11-7-3)36-24-12-8-4/h13-20,25-32,47-48,51-52H,5-12,21-24,33-36H2,1-4H3/q-2. The van der Waals surface area contributed by atoms with Gasteiger partial charge in [-0.05, 0) is 70.2 Å². The van der Waals surface area contributed by atoms with Gasteiger partial charge in [0.25, 0.3) is 0 Å². The minimum absolute atomic E-state index is 0.630. The summed E-state index contributed by atoms with van der Waals surface area (Å²) in [5.74, 6) is -1.26. The van der Waals surface area contributed by atoms with E-state index in [9.17, 15) is 0 Å². The van der Waals surface area contributed by atoms with Crippen LogP contribution in [0.3, 0.4) is 0 Å². The van der Waals surface area contributed by atoms with Crippen molar-refractivity contribution in [3.63, 3.8) is 0 Å². The smallest absolute Gasteiger partial charge is 0.0525 e. The highest BCUT2D eigenvalue weighted by Gasteiger charge is 2.42. The van der Waals surface area contributed by atoms with Gasteiger partial charge in [0.15, 0.2) is 0 Å². The molecule has 4 nitrogen and oxygen atoms in total. The molecule has 1 fully saturated rings. The van der Waals surface area contributed by atoms with Crippen molar-refractivity contribution in [1.82, 2.24) is 0 Å². The SMILES string of the molecule is CCCCCN(CCCCC)c1c2ccccc2c(C2C([O-])C(c3c4ccccc4c(N(CCCCC)CCCCC)c4ccccc34)C2[O-])c2ccccc12. The maximum absolute atomic E-state index is 15.1. The second kappa shape index (κ2) is 18.9. The molecule has 6 aromatic rings. The van der Waals surface area contributed by atoms with E-state index < -0.39 is 24.0 Å². The van der Waals surface area contributed by atoms with Crippen molar-refractivity contribution in [3.8, 4) is 0 Å². The van der Waals surface area contributed by atoms with Crippen molar-refractivity contribution < 1.29 is 10.2 Å². The van der Waals surface area contributed by atoms with Crippen LogP contribution in [0.1, 0.15) is 128 Å². The number of unbranched alkanes of at least 4 members (excludes halogenated alkanes) is 8. The van der Waals surface area contributed by atoms with Gasteiger partial charge in [-0.3, -0.25) is 0 Å². The van der Waals surface area contributed by atoms with Crippen molar-refractivity contribution in [2.24, 2.45) is 0 Å². The molecule has 56 heavy (non-hydrogen) atoms. The zero-order valence-electron chi connectivity index (χ0n) is 34.6. The van der Waals surface area contributed by atoms with Gasteiger partial charge in [0.05, 0.1) is 11.4 Å². The maximum Gasteiger partial charge on any atom is 0.0525 e. The first-order valence-corrected chi connectivity index (χ1v) is 22.2. The van der Waals surface area contributed by atoms with Crippen LogP contribution in [0.2, 0.25) is 0 Å². The Morgan fingerprint density at radius 1 is 0.357 bits per heavy atom. The molecule has 1 aliphatic rings. The van der Waals surface area contributed by atoms with Crippen LogP contribution in [0, 0.1) is 0 Å². The van der Waals surface area contributed by atoms with Gasteiger partial charge < -0.3 is 20.0 Å². The largest absolute Gasteiger partial charge is 0.851 e. The van der Waals surface area contributed by atoms with Gasteiger partial charge in [0.2, 0.25) is 0 Å². The average molecular weight is 749 g/mol. The Kier molecular flexibility index (Phi) is 13.5. The summed E-state index contributed by atoms with van der Waals surface area (Å²) in [7, 11) is 0. The van der Waals surface area contributed by atoms with Gasteiger partial charge in [0.1, 0.15) is 0 Å². The predicted octanol–water partition coefficient (Wildman–Crippen LogP) is 12.0. The van der Waals surface area contributed by atoms with Crippen molar-refractivity contribution in [1.29, 1.82) is 0 Å². The quantitative estimate of drug-likeness (QED) is 0.0576. The Morgan fingerprint density at radius 3 is 0.821 bits per heavy atom. The molecule has 0 atom stereocenters. The summed E-state index contributed by atoms with van der Waals surface area (Å²) >= 11 is 0. The maximum atomic E-state index is 15.1. The van der Waals surface area contributed by atoms with Crippen molar-refractivity contribution in [2.75, 3.05) is 36.0 Å². The Labute approximate surface area is 336 Å². The first-order chi connectivity index (χ1) is 27.5. The number of hydrogen-bond acceptors (Lipinski definition) is 4. The summed E-state index contributed by atoms with van der Waals surface area (Å²) in [5, 5.41) is 39.3. The second-order valence-corrected chi connectivity index (χ2v) is 16.5. The fraction of sp³-hybridized carbons (Fsp3) is 0.462. The van der Waals surface area contributed by atoms with Crippen LogP contribution in [-0.4, -0.2) is 38.4 Å². The van der Waals surface area contributed by atoms with Gasteiger partial charge in [-0.1, -0.05) is 176 Å². The van der Waals surface area contributed by atoms with Crippen LogP contribution in [0.5, 0.6) is 0 Å². The Balaban J connectivity index is 1.35. The van der Waals surface area contributed by atoms with E-state index >= 15 is 10.2 Å². The molecule has 0 aromatic heterocycles. The Bertz CT molecular complexity index is 1910. The van der Waals surface area contributed by atoms with Crippen LogP contribution < -0.4 is 20.0 Å². The van der Waals surface area contributed by atoms with Crippen molar-refractivity contribution in [3.05, 3.63) is 108 Å². The highest BCUT2D eigenvalue weighted by atomic mass is 16.3. The molecule has 0 saturated heterocycles. The summed E-state index contributed by atoms with van der Waals surface area (Å²) in [6, 6.07) is 34.5. The van der Waals surface area contributed by atoms with E-state index in [-0.39, 0.29) is 0 Å². The van der Waals surface area contributed by atoms with E-state index in [1.54, 1.807) is 0 Å². The molecule has 6 aromatic carbocycles. The lowest BCUT2D eigenvalue weighted by molar-refractivity contribution is -0.535. The van der Waals surface area contributed by atoms with Crippen LogP contribution in [0.25, 0.3) is 43.1 Å². The van der Waals surface area contributed by atoms with Gasteiger partial charge in [-0.2, -0.15) is 0 Å². The molecule has 0 heterocycles. The molecular formula is C52H64N2O2-2. The molecule has 1 saturated carbocycles. The summed E-state index contributed by atoms with van der Waals surface area (Å²) in [6.07, 6.45) is 12.1. The number of nitrogens with zero attached hydrogens (tertiary/aromatic N) is 2. The third-order valence-corrected chi connectivity index (χ3v) is 12.7. The van der Waals surface area contributed by atoms with Gasteiger partial charge in [-0.25, -0.2) is 0 Å².